The summed E-state index contributed by atoms with van der Waals surface area (Å²) in [6.07, 6.45) is 3.10. The van der Waals surface area contributed by atoms with Crippen LogP contribution < -0.4 is 4.74 Å². The number of halogens is 1. The molecule has 0 aliphatic rings. The zero-order chi connectivity index (χ0) is 12.6. The number of aromatic nitrogens is 2. The molecule has 0 unspecified atom stereocenters. The number of benzene rings is 1. The quantitative estimate of drug-likeness (QED) is 0.753. The van der Waals surface area contributed by atoms with Gasteiger partial charge in [-0.1, -0.05) is 29.8 Å². The molecule has 0 saturated carbocycles. The maximum absolute atomic E-state index is 5.63. The molecule has 18 heavy (non-hydrogen) atoms. The van der Waals surface area contributed by atoms with Crippen LogP contribution in [-0.2, 0) is 11.3 Å². The molecular weight excluding hydrogens is 252 g/mol. The molecule has 2 rings (SSSR count). The third-order valence-corrected chi connectivity index (χ3v) is 2.36. The molecule has 0 fully saturated rings. The Morgan fingerprint density at radius 1 is 1.00 bits per heavy atom. The fourth-order valence-electron chi connectivity index (χ4n) is 1.33. The van der Waals surface area contributed by atoms with Crippen molar-refractivity contribution >= 4 is 11.6 Å². The third kappa shape index (κ3) is 4.31. The van der Waals surface area contributed by atoms with Crippen LogP contribution >= 0.6 is 11.6 Å². The van der Waals surface area contributed by atoms with Crippen LogP contribution in [0.25, 0.3) is 0 Å². The summed E-state index contributed by atoms with van der Waals surface area (Å²) in [4.78, 5) is 7.99. The van der Waals surface area contributed by atoms with Crippen molar-refractivity contribution in [2.24, 2.45) is 0 Å². The summed E-state index contributed by atoms with van der Waals surface area (Å²) in [6, 6.07) is 9.62. The Labute approximate surface area is 111 Å². The van der Waals surface area contributed by atoms with Gasteiger partial charge in [0, 0.05) is 0 Å². The van der Waals surface area contributed by atoms with Crippen molar-refractivity contribution in [1.82, 2.24) is 9.97 Å². The molecule has 1 aromatic heterocycles. The summed E-state index contributed by atoms with van der Waals surface area (Å²) >= 11 is 5.63. The summed E-state index contributed by atoms with van der Waals surface area (Å²) in [6.45, 7) is 1.41. The minimum Gasteiger partial charge on any atom is -0.491 e. The number of hydrogen-bond donors (Lipinski definition) is 0. The molecule has 0 radical (unpaired) electrons. The first kappa shape index (κ1) is 12.8. The lowest BCUT2D eigenvalue weighted by Gasteiger charge is -2.06. The second-order valence-electron chi connectivity index (χ2n) is 3.54. The average Bonchev–Trinajstić information content (AvgIpc) is 2.42. The van der Waals surface area contributed by atoms with E-state index in [1.165, 1.54) is 6.20 Å². The number of hydrogen-bond acceptors (Lipinski definition) is 4. The SMILES string of the molecule is Clc1cnc(COCCOc2ccccc2)cn1. The number of rotatable bonds is 6. The van der Waals surface area contributed by atoms with Gasteiger partial charge in [0.15, 0.2) is 0 Å². The van der Waals surface area contributed by atoms with Gasteiger partial charge in [0.1, 0.15) is 17.5 Å². The van der Waals surface area contributed by atoms with Gasteiger partial charge in [-0.3, -0.25) is 4.98 Å². The largest absolute Gasteiger partial charge is 0.491 e. The van der Waals surface area contributed by atoms with Gasteiger partial charge >= 0.3 is 0 Å². The molecule has 2 aromatic rings. The summed E-state index contributed by atoms with van der Waals surface area (Å²) in [5.41, 5.74) is 0.749. The van der Waals surface area contributed by atoms with Crippen LogP contribution in [0.15, 0.2) is 42.7 Å². The Bertz CT molecular complexity index is 462. The highest BCUT2D eigenvalue weighted by molar-refractivity contribution is 6.29. The maximum Gasteiger partial charge on any atom is 0.147 e. The predicted octanol–water partition coefficient (Wildman–Crippen LogP) is 2.73. The van der Waals surface area contributed by atoms with Crippen molar-refractivity contribution in [3.8, 4) is 5.75 Å². The highest BCUT2D eigenvalue weighted by Crippen LogP contribution is 2.08. The van der Waals surface area contributed by atoms with Crippen LogP contribution in [0.3, 0.4) is 0 Å². The van der Waals surface area contributed by atoms with E-state index in [0.717, 1.165) is 11.4 Å². The van der Waals surface area contributed by atoms with Crippen molar-refractivity contribution in [2.75, 3.05) is 13.2 Å². The van der Waals surface area contributed by atoms with E-state index in [9.17, 15) is 0 Å². The van der Waals surface area contributed by atoms with E-state index in [1.807, 2.05) is 30.3 Å². The molecule has 0 spiro atoms. The minimum absolute atomic E-state index is 0.381. The number of nitrogens with zero attached hydrogens (tertiary/aromatic N) is 2. The van der Waals surface area contributed by atoms with Gasteiger partial charge in [0.25, 0.3) is 0 Å². The second-order valence-corrected chi connectivity index (χ2v) is 3.93. The fraction of sp³-hybridized carbons (Fsp3) is 0.231. The van der Waals surface area contributed by atoms with Crippen molar-refractivity contribution in [2.45, 2.75) is 6.61 Å². The fourth-order valence-corrected chi connectivity index (χ4v) is 1.42. The van der Waals surface area contributed by atoms with Crippen LogP contribution in [0.2, 0.25) is 5.15 Å². The monoisotopic (exact) mass is 264 g/mol. The predicted molar refractivity (Wildman–Crippen MR) is 68.6 cm³/mol. The maximum atomic E-state index is 5.63. The lowest BCUT2D eigenvalue weighted by atomic mass is 10.3. The normalized spacial score (nSPS) is 10.3. The molecule has 0 N–H and O–H groups in total. The van der Waals surface area contributed by atoms with Crippen molar-refractivity contribution < 1.29 is 9.47 Å². The van der Waals surface area contributed by atoms with Gasteiger partial charge in [-0.05, 0) is 12.1 Å². The second kappa shape index (κ2) is 6.93. The van der Waals surface area contributed by atoms with Crippen LogP contribution in [0.5, 0.6) is 5.75 Å². The lowest BCUT2D eigenvalue weighted by Crippen LogP contribution is -2.07. The first-order valence-corrected chi connectivity index (χ1v) is 5.94. The number of ether oxygens (including phenoxy) is 2. The number of para-hydroxylation sites is 1. The van der Waals surface area contributed by atoms with E-state index < -0.39 is 0 Å². The van der Waals surface area contributed by atoms with E-state index >= 15 is 0 Å². The Morgan fingerprint density at radius 3 is 2.56 bits per heavy atom. The molecule has 5 heteroatoms. The Balaban J connectivity index is 1.63. The van der Waals surface area contributed by atoms with Crippen LogP contribution in [0.4, 0.5) is 0 Å². The average molecular weight is 265 g/mol. The molecule has 94 valence electrons. The lowest BCUT2D eigenvalue weighted by molar-refractivity contribution is 0.0868. The highest BCUT2D eigenvalue weighted by atomic mass is 35.5. The van der Waals surface area contributed by atoms with Crippen molar-refractivity contribution in [3.05, 3.63) is 53.6 Å². The van der Waals surface area contributed by atoms with Crippen LogP contribution in [-0.4, -0.2) is 23.2 Å². The molecule has 1 aromatic carbocycles. The molecule has 0 aliphatic carbocycles. The van der Waals surface area contributed by atoms with Gasteiger partial charge in [-0.2, -0.15) is 0 Å². The van der Waals surface area contributed by atoms with Gasteiger partial charge in [0.2, 0.25) is 0 Å². The third-order valence-electron chi connectivity index (χ3n) is 2.16. The Kier molecular flexibility index (Phi) is 4.93. The summed E-state index contributed by atoms with van der Waals surface area (Å²) < 4.78 is 10.9. The molecular formula is C13H13ClN2O2. The van der Waals surface area contributed by atoms with E-state index in [2.05, 4.69) is 9.97 Å². The summed E-state index contributed by atoms with van der Waals surface area (Å²) in [5, 5.41) is 0.381. The molecule has 0 saturated heterocycles. The van der Waals surface area contributed by atoms with Crippen molar-refractivity contribution in [1.29, 1.82) is 0 Å². The van der Waals surface area contributed by atoms with Gasteiger partial charge in [-0.25, -0.2) is 4.98 Å². The van der Waals surface area contributed by atoms with Crippen LogP contribution in [0, 0.1) is 0 Å². The highest BCUT2D eigenvalue weighted by Gasteiger charge is 1.97. The van der Waals surface area contributed by atoms with Gasteiger partial charge in [-0.15, -0.1) is 0 Å². The zero-order valence-corrected chi connectivity index (χ0v) is 10.5. The molecule has 0 aliphatic heterocycles. The summed E-state index contributed by atoms with van der Waals surface area (Å²) in [7, 11) is 0. The molecule has 0 atom stereocenters. The van der Waals surface area contributed by atoms with E-state index in [1.54, 1.807) is 6.20 Å². The topological polar surface area (TPSA) is 44.2 Å². The van der Waals surface area contributed by atoms with E-state index in [-0.39, 0.29) is 0 Å². The molecule has 1 heterocycles. The van der Waals surface area contributed by atoms with Gasteiger partial charge < -0.3 is 9.47 Å². The Morgan fingerprint density at radius 2 is 1.83 bits per heavy atom. The summed E-state index contributed by atoms with van der Waals surface area (Å²) in [5.74, 6) is 0.840. The first-order valence-electron chi connectivity index (χ1n) is 5.56. The minimum atomic E-state index is 0.381. The van der Waals surface area contributed by atoms with E-state index in [0.29, 0.717) is 25.0 Å². The molecule has 4 nitrogen and oxygen atoms in total. The molecule has 0 bridgehead atoms. The van der Waals surface area contributed by atoms with Crippen molar-refractivity contribution in [3.63, 3.8) is 0 Å². The molecule has 0 amide bonds. The Hall–Kier alpha value is -1.65. The standard InChI is InChI=1S/C13H13ClN2O2/c14-13-9-15-11(8-16-13)10-17-6-7-18-12-4-2-1-3-5-12/h1-5,8-9H,6-7,10H2. The van der Waals surface area contributed by atoms with E-state index in [4.69, 9.17) is 21.1 Å². The smallest absolute Gasteiger partial charge is 0.147 e. The van der Waals surface area contributed by atoms with Crippen LogP contribution in [0.1, 0.15) is 5.69 Å². The van der Waals surface area contributed by atoms with Gasteiger partial charge in [0.05, 0.1) is 31.3 Å². The first-order chi connectivity index (χ1) is 8.84. The zero-order valence-electron chi connectivity index (χ0n) is 9.75.